The van der Waals surface area contributed by atoms with Crippen molar-refractivity contribution < 1.29 is 14.3 Å². The highest BCUT2D eigenvalue weighted by atomic mass is 16.5. The van der Waals surface area contributed by atoms with Gasteiger partial charge in [-0.2, -0.15) is 0 Å². The maximum Gasteiger partial charge on any atom is 0.242 e. The number of hydrogen-bond acceptors (Lipinski definition) is 3. The lowest BCUT2D eigenvalue weighted by molar-refractivity contribution is -0.137. The molecule has 2 atom stereocenters. The quantitative estimate of drug-likeness (QED) is 0.771. The van der Waals surface area contributed by atoms with Crippen LogP contribution < -0.4 is 5.32 Å². The molecule has 0 spiro atoms. The number of amides is 2. The van der Waals surface area contributed by atoms with Crippen LogP contribution in [0.5, 0.6) is 0 Å². The molecule has 0 aromatic heterocycles. The van der Waals surface area contributed by atoms with Gasteiger partial charge in [0.25, 0.3) is 0 Å². The summed E-state index contributed by atoms with van der Waals surface area (Å²) >= 11 is 0. The fourth-order valence-electron chi connectivity index (χ4n) is 2.55. The molecule has 1 N–H and O–H groups in total. The molecule has 2 heterocycles. The van der Waals surface area contributed by atoms with Gasteiger partial charge in [-0.1, -0.05) is 0 Å². The second kappa shape index (κ2) is 5.49. The topological polar surface area (TPSA) is 58.6 Å². The zero-order valence-corrected chi connectivity index (χ0v) is 10.3. The number of nitrogens with zero attached hydrogens (tertiary/aromatic N) is 1. The van der Waals surface area contributed by atoms with Gasteiger partial charge in [0, 0.05) is 26.6 Å². The van der Waals surface area contributed by atoms with Crippen LogP contribution in [0.15, 0.2) is 0 Å². The lowest BCUT2D eigenvalue weighted by atomic mass is 10.2. The van der Waals surface area contributed by atoms with Crippen LogP contribution in [0, 0.1) is 0 Å². The number of hydrogen-bond donors (Lipinski definition) is 1. The Kier molecular flexibility index (Phi) is 3.99. The summed E-state index contributed by atoms with van der Waals surface area (Å²) < 4.78 is 5.45. The summed E-state index contributed by atoms with van der Waals surface area (Å²) in [7, 11) is 0. The van der Waals surface area contributed by atoms with Crippen molar-refractivity contribution in [2.45, 2.75) is 44.8 Å². The van der Waals surface area contributed by atoms with E-state index in [9.17, 15) is 9.59 Å². The van der Waals surface area contributed by atoms with E-state index in [0.717, 1.165) is 32.3 Å². The number of carbonyl (C=O) groups excluding carboxylic acids is 2. The molecule has 2 amide bonds. The van der Waals surface area contributed by atoms with Gasteiger partial charge in [-0.05, 0) is 25.7 Å². The van der Waals surface area contributed by atoms with Gasteiger partial charge in [-0.3, -0.25) is 9.59 Å². The van der Waals surface area contributed by atoms with Crippen LogP contribution in [-0.2, 0) is 14.3 Å². The molecule has 2 saturated heterocycles. The Labute approximate surface area is 101 Å². The minimum atomic E-state index is -0.270. The molecule has 0 radical (unpaired) electrons. The van der Waals surface area contributed by atoms with Crippen LogP contribution in [0.4, 0.5) is 0 Å². The van der Waals surface area contributed by atoms with Gasteiger partial charge in [0.05, 0.1) is 6.10 Å². The standard InChI is InChI=1S/C12H20N2O3/c1-9(15)14-6-2-5-11(14)12(16)13-8-10-4-3-7-17-10/h10-11H,2-8H2,1H3,(H,13,16). The Morgan fingerprint density at radius 1 is 1.35 bits per heavy atom. The summed E-state index contributed by atoms with van der Waals surface area (Å²) in [5, 5.41) is 2.89. The summed E-state index contributed by atoms with van der Waals surface area (Å²) in [4.78, 5) is 25.0. The molecule has 2 fully saturated rings. The minimum Gasteiger partial charge on any atom is -0.376 e. The van der Waals surface area contributed by atoms with Gasteiger partial charge in [0.2, 0.25) is 11.8 Å². The van der Waals surface area contributed by atoms with Crippen LogP contribution in [0.3, 0.4) is 0 Å². The van der Waals surface area contributed by atoms with Crippen LogP contribution >= 0.6 is 0 Å². The normalized spacial score (nSPS) is 28.4. The third-order valence-corrected chi connectivity index (χ3v) is 3.49. The zero-order valence-electron chi connectivity index (χ0n) is 10.3. The Hall–Kier alpha value is -1.10. The van der Waals surface area contributed by atoms with E-state index in [4.69, 9.17) is 4.74 Å². The van der Waals surface area contributed by atoms with Crippen molar-refractivity contribution in [3.05, 3.63) is 0 Å². The number of rotatable bonds is 3. The summed E-state index contributed by atoms with van der Waals surface area (Å²) in [6.07, 6.45) is 3.94. The van der Waals surface area contributed by atoms with E-state index in [0.29, 0.717) is 13.1 Å². The summed E-state index contributed by atoms with van der Waals surface area (Å²) in [6.45, 7) is 3.59. The molecule has 2 aliphatic rings. The average molecular weight is 240 g/mol. The average Bonchev–Trinajstić information content (AvgIpc) is 2.96. The SMILES string of the molecule is CC(=O)N1CCCC1C(=O)NCC1CCCO1. The lowest BCUT2D eigenvalue weighted by Crippen LogP contribution is -2.46. The highest BCUT2D eigenvalue weighted by molar-refractivity contribution is 5.87. The summed E-state index contributed by atoms with van der Waals surface area (Å²) in [5.41, 5.74) is 0. The highest BCUT2D eigenvalue weighted by Crippen LogP contribution is 2.17. The molecule has 2 rings (SSSR count). The summed E-state index contributed by atoms with van der Waals surface area (Å²) in [6, 6.07) is -0.270. The molecule has 0 bridgehead atoms. The fourth-order valence-corrected chi connectivity index (χ4v) is 2.55. The number of carbonyl (C=O) groups is 2. The monoisotopic (exact) mass is 240 g/mol. The smallest absolute Gasteiger partial charge is 0.242 e. The molecule has 5 heteroatoms. The van der Waals surface area contributed by atoms with E-state index in [1.54, 1.807) is 4.90 Å². The minimum absolute atomic E-state index is 0.0141. The predicted molar refractivity (Wildman–Crippen MR) is 62.4 cm³/mol. The first kappa shape index (κ1) is 12.4. The van der Waals surface area contributed by atoms with Crippen molar-refractivity contribution in [1.29, 1.82) is 0 Å². The number of ether oxygens (including phenoxy) is 1. The molecule has 0 aromatic carbocycles. The first-order valence-electron chi connectivity index (χ1n) is 6.35. The van der Waals surface area contributed by atoms with E-state index in [-0.39, 0.29) is 24.0 Å². The maximum atomic E-state index is 12.0. The Bertz CT molecular complexity index is 300. The molecular formula is C12H20N2O3. The van der Waals surface area contributed by atoms with Gasteiger partial charge in [-0.25, -0.2) is 0 Å². The summed E-state index contributed by atoms with van der Waals surface area (Å²) in [5.74, 6) is -0.0482. The highest BCUT2D eigenvalue weighted by Gasteiger charge is 2.32. The predicted octanol–water partition coefficient (Wildman–Crippen LogP) is 0.293. The molecule has 0 saturated carbocycles. The van der Waals surface area contributed by atoms with Gasteiger partial charge >= 0.3 is 0 Å². The first-order chi connectivity index (χ1) is 8.18. The van der Waals surface area contributed by atoms with Gasteiger partial charge in [0.15, 0.2) is 0 Å². The molecule has 2 unspecified atom stereocenters. The van der Waals surface area contributed by atoms with Crippen molar-refractivity contribution in [1.82, 2.24) is 10.2 Å². The van der Waals surface area contributed by atoms with Crippen LogP contribution in [-0.4, -0.2) is 48.6 Å². The zero-order chi connectivity index (χ0) is 12.3. The third-order valence-electron chi connectivity index (χ3n) is 3.49. The molecule has 2 aliphatic heterocycles. The molecule has 96 valence electrons. The second-order valence-corrected chi connectivity index (χ2v) is 4.75. The lowest BCUT2D eigenvalue weighted by Gasteiger charge is -2.23. The molecule has 17 heavy (non-hydrogen) atoms. The van der Waals surface area contributed by atoms with E-state index in [1.807, 2.05) is 0 Å². The molecule has 0 aliphatic carbocycles. The van der Waals surface area contributed by atoms with Crippen molar-refractivity contribution in [2.75, 3.05) is 19.7 Å². The molecular weight excluding hydrogens is 220 g/mol. The van der Waals surface area contributed by atoms with E-state index < -0.39 is 0 Å². The Balaban J connectivity index is 1.80. The van der Waals surface area contributed by atoms with Crippen LogP contribution in [0.1, 0.15) is 32.6 Å². The van der Waals surface area contributed by atoms with E-state index in [2.05, 4.69) is 5.32 Å². The third kappa shape index (κ3) is 2.97. The largest absolute Gasteiger partial charge is 0.376 e. The Morgan fingerprint density at radius 3 is 2.82 bits per heavy atom. The van der Waals surface area contributed by atoms with Gasteiger partial charge in [-0.15, -0.1) is 0 Å². The first-order valence-corrected chi connectivity index (χ1v) is 6.35. The van der Waals surface area contributed by atoms with Gasteiger partial charge < -0.3 is 15.0 Å². The number of likely N-dealkylation sites (tertiary alicyclic amines) is 1. The maximum absolute atomic E-state index is 12.0. The van der Waals surface area contributed by atoms with Crippen LogP contribution in [0.25, 0.3) is 0 Å². The van der Waals surface area contributed by atoms with Crippen molar-refractivity contribution in [2.24, 2.45) is 0 Å². The number of nitrogens with one attached hydrogen (secondary N) is 1. The van der Waals surface area contributed by atoms with Gasteiger partial charge in [0.1, 0.15) is 6.04 Å². The molecule has 5 nitrogen and oxygen atoms in total. The fraction of sp³-hybridized carbons (Fsp3) is 0.833. The molecule has 0 aromatic rings. The van der Waals surface area contributed by atoms with Crippen molar-refractivity contribution in [3.63, 3.8) is 0 Å². The van der Waals surface area contributed by atoms with Crippen molar-refractivity contribution in [3.8, 4) is 0 Å². The van der Waals surface area contributed by atoms with E-state index >= 15 is 0 Å². The second-order valence-electron chi connectivity index (χ2n) is 4.75. The van der Waals surface area contributed by atoms with Crippen molar-refractivity contribution >= 4 is 11.8 Å². The van der Waals surface area contributed by atoms with E-state index in [1.165, 1.54) is 6.92 Å². The van der Waals surface area contributed by atoms with Crippen LogP contribution in [0.2, 0.25) is 0 Å². The Morgan fingerprint density at radius 2 is 2.18 bits per heavy atom.